The molecule has 0 bridgehead atoms. The molecule has 2 aromatic heterocycles. The molecule has 4 aromatic rings. The van der Waals surface area contributed by atoms with E-state index in [4.69, 9.17) is 4.74 Å². The Balaban J connectivity index is 1.49. The Morgan fingerprint density at radius 1 is 0.969 bits per heavy atom. The number of aromatic nitrogens is 4. The Labute approximate surface area is 185 Å². The van der Waals surface area contributed by atoms with E-state index in [-0.39, 0.29) is 24.4 Å². The van der Waals surface area contributed by atoms with Crippen molar-refractivity contribution >= 4 is 11.7 Å². The lowest BCUT2D eigenvalue weighted by Gasteiger charge is -2.10. The van der Waals surface area contributed by atoms with Gasteiger partial charge < -0.3 is 10.1 Å². The van der Waals surface area contributed by atoms with Gasteiger partial charge in [0.25, 0.3) is 11.5 Å². The lowest BCUT2D eigenvalue weighted by molar-refractivity contribution is 0.101. The van der Waals surface area contributed by atoms with Crippen molar-refractivity contribution in [3.63, 3.8) is 0 Å². The van der Waals surface area contributed by atoms with Gasteiger partial charge in [0.2, 0.25) is 0 Å². The number of nitrogens with zero attached hydrogens (tertiary/aromatic N) is 4. The van der Waals surface area contributed by atoms with Crippen molar-refractivity contribution in [3.8, 4) is 11.4 Å². The van der Waals surface area contributed by atoms with Crippen LogP contribution in [0.1, 0.15) is 21.7 Å². The van der Waals surface area contributed by atoms with Crippen LogP contribution in [0.3, 0.4) is 0 Å². The third kappa shape index (κ3) is 4.92. The Hall–Kier alpha value is -4.20. The minimum absolute atomic E-state index is 0.124. The summed E-state index contributed by atoms with van der Waals surface area (Å²) in [6.07, 6.45) is 0. The van der Waals surface area contributed by atoms with Gasteiger partial charge in [-0.2, -0.15) is 10.2 Å². The van der Waals surface area contributed by atoms with Crippen LogP contribution < -0.4 is 15.6 Å². The molecule has 0 aliphatic carbocycles. The van der Waals surface area contributed by atoms with Gasteiger partial charge >= 0.3 is 0 Å². The summed E-state index contributed by atoms with van der Waals surface area (Å²) >= 11 is 0. The van der Waals surface area contributed by atoms with Crippen LogP contribution in [0, 0.1) is 13.8 Å². The molecule has 8 nitrogen and oxygen atoms in total. The average molecular weight is 429 g/mol. The van der Waals surface area contributed by atoms with Crippen LogP contribution in [-0.4, -0.2) is 32.1 Å². The Kier molecular flexibility index (Phi) is 6.12. The zero-order valence-electron chi connectivity index (χ0n) is 17.9. The monoisotopic (exact) mass is 429 g/mol. The fourth-order valence-corrected chi connectivity index (χ4v) is 3.15. The summed E-state index contributed by atoms with van der Waals surface area (Å²) in [5, 5.41) is 11.5. The minimum Gasteiger partial charge on any atom is -0.492 e. The highest BCUT2D eigenvalue weighted by atomic mass is 16.5. The summed E-state index contributed by atoms with van der Waals surface area (Å²) in [5.74, 6) is 0.786. The number of ether oxygens (including phenoxy) is 1. The number of carbonyl (C=O) groups excluding carboxylic acids is 1. The number of nitrogens with one attached hydrogen (secondary N) is 1. The van der Waals surface area contributed by atoms with E-state index in [1.54, 1.807) is 10.7 Å². The molecule has 0 saturated carbocycles. The smallest absolute Gasteiger partial charge is 0.277 e. The lowest BCUT2D eigenvalue weighted by atomic mass is 10.2. The molecule has 2 heterocycles. The van der Waals surface area contributed by atoms with E-state index in [0.717, 1.165) is 16.9 Å². The molecule has 162 valence electrons. The summed E-state index contributed by atoms with van der Waals surface area (Å²) in [5.41, 5.74) is 2.54. The van der Waals surface area contributed by atoms with Gasteiger partial charge in [0.05, 0.1) is 17.9 Å². The molecule has 0 radical (unpaired) electrons. The van der Waals surface area contributed by atoms with Gasteiger partial charge in [-0.15, -0.1) is 0 Å². The Bertz CT molecular complexity index is 1280. The van der Waals surface area contributed by atoms with Gasteiger partial charge in [-0.25, -0.2) is 9.36 Å². The van der Waals surface area contributed by atoms with Crippen LogP contribution in [0.15, 0.2) is 77.6 Å². The Morgan fingerprint density at radius 3 is 2.47 bits per heavy atom. The van der Waals surface area contributed by atoms with E-state index in [1.807, 2.05) is 68.4 Å². The second-order valence-corrected chi connectivity index (χ2v) is 7.31. The fraction of sp³-hybridized carbons (Fsp3) is 0.167. The van der Waals surface area contributed by atoms with Crippen LogP contribution in [-0.2, 0) is 6.54 Å². The molecule has 0 atom stereocenters. The standard InChI is InChI=1S/C24H23N5O3/c1-17-8-10-19(11-9-17)29-22(16-18(2)26-29)25-24(31)21-12-13-23(30)28(27-21)14-15-32-20-6-4-3-5-7-20/h3-13,16H,14-15H2,1-2H3,(H,25,31). The molecule has 0 aliphatic heterocycles. The predicted octanol–water partition coefficient (Wildman–Crippen LogP) is 3.38. The van der Waals surface area contributed by atoms with Gasteiger partial charge in [-0.3, -0.25) is 9.59 Å². The number of hydrogen-bond donors (Lipinski definition) is 1. The first kappa shape index (κ1) is 21.0. The first-order valence-corrected chi connectivity index (χ1v) is 10.2. The van der Waals surface area contributed by atoms with Gasteiger partial charge in [-0.1, -0.05) is 35.9 Å². The molecule has 0 fully saturated rings. The van der Waals surface area contributed by atoms with Crippen molar-refractivity contribution in [2.24, 2.45) is 0 Å². The van der Waals surface area contributed by atoms with Crippen LogP contribution >= 0.6 is 0 Å². The molecule has 0 aliphatic rings. The normalized spacial score (nSPS) is 10.7. The molecular formula is C24H23N5O3. The second-order valence-electron chi connectivity index (χ2n) is 7.31. The van der Waals surface area contributed by atoms with Crippen molar-refractivity contribution in [2.75, 3.05) is 11.9 Å². The fourth-order valence-electron chi connectivity index (χ4n) is 3.15. The number of anilines is 1. The lowest BCUT2D eigenvalue weighted by Crippen LogP contribution is -2.28. The number of para-hydroxylation sites is 1. The minimum atomic E-state index is -0.434. The zero-order valence-corrected chi connectivity index (χ0v) is 17.9. The Morgan fingerprint density at radius 2 is 1.72 bits per heavy atom. The van der Waals surface area contributed by atoms with E-state index in [1.165, 1.54) is 16.8 Å². The predicted molar refractivity (Wildman–Crippen MR) is 121 cm³/mol. The number of amides is 1. The van der Waals surface area contributed by atoms with Crippen molar-refractivity contribution in [1.29, 1.82) is 0 Å². The molecule has 32 heavy (non-hydrogen) atoms. The molecule has 0 unspecified atom stereocenters. The molecule has 8 heteroatoms. The molecular weight excluding hydrogens is 406 g/mol. The maximum atomic E-state index is 12.9. The second kappa shape index (κ2) is 9.30. The molecule has 4 rings (SSSR count). The van der Waals surface area contributed by atoms with Crippen LogP contribution in [0.5, 0.6) is 5.75 Å². The van der Waals surface area contributed by atoms with E-state index in [0.29, 0.717) is 11.6 Å². The number of aryl methyl sites for hydroxylation is 2. The van der Waals surface area contributed by atoms with Crippen LogP contribution in [0.25, 0.3) is 5.69 Å². The number of rotatable bonds is 7. The van der Waals surface area contributed by atoms with Gasteiger partial charge in [0.1, 0.15) is 23.9 Å². The SMILES string of the molecule is Cc1ccc(-n2nc(C)cc2NC(=O)c2ccc(=O)n(CCOc3ccccc3)n2)cc1. The molecule has 1 amide bonds. The third-order valence-corrected chi connectivity index (χ3v) is 4.77. The highest BCUT2D eigenvalue weighted by molar-refractivity contribution is 6.02. The summed E-state index contributed by atoms with van der Waals surface area (Å²) < 4.78 is 8.51. The summed E-state index contributed by atoms with van der Waals surface area (Å²) in [6, 6.07) is 21.6. The van der Waals surface area contributed by atoms with Crippen LogP contribution in [0.2, 0.25) is 0 Å². The van der Waals surface area contributed by atoms with E-state index in [2.05, 4.69) is 15.5 Å². The number of carbonyl (C=O) groups is 1. The first-order valence-electron chi connectivity index (χ1n) is 10.2. The third-order valence-electron chi connectivity index (χ3n) is 4.77. The quantitative estimate of drug-likeness (QED) is 0.486. The van der Waals surface area contributed by atoms with Gasteiger partial charge in [-0.05, 0) is 44.2 Å². The van der Waals surface area contributed by atoms with Crippen molar-refractivity contribution < 1.29 is 9.53 Å². The number of benzene rings is 2. The van der Waals surface area contributed by atoms with Crippen LogP contribution in [0.4, 0.5) is 5.82 Å². The summed E-state index contributed by atoms with van der Waals surface area (Å²) in [4.78, 5) is 25.0. The van der Waals surface area contributed by atoms with Crippen molar-refractivity contribution in [1.82, 2.24) is 19.6 Å². The number of hydrogen-bond acceptors (Lipinski definition) is 5. The maximum absolute atomic E-state index is 12.9. The summed E-state index contributed by atoms with van der Waals surface area (Å²) in [7, 11) is 0. The first-order chi connectivity index (χ1) is 15.5. The van der Waals surface area contributed by atoms with Crippen molar-refractivity contribution in [2.45, 2.75) is 20.4 Å². The molecule has 1 N–H and O–H groups in total. The molecule has 0 spiro atoms. The summed E-state index contributed by atoms with van der Waals surface area (Å²) in [6.45, 7) is 4.33. The zero-order chi connectivity index (χ0) is 22.5. The largest absolute Gasteiger partial charge is 0.492 e. The molecule has 0 saturated heterocycles. The van der Waals surface area contributed by atoms with E-state index >= 15 is 0 Å². The average Bonchev–Trinajstić information content (AvgIpc) is 3.16. The molecule has 2 aromatic carbocycles. The highest BCUT2D eigenvalue weighted by Crippen LogP contribution is 2.18. The highest BCUT2D eigenvalue weighted by Gasteiger charge is 2.15. The maximum Gasteiger partial charge on any atom is 0.277 e. The van der Waals surface area contributed by atoms with E-state index < -0.39 is 5.91 Å². The van der Waals surface area contributed by atoms with Gasteiger partial charge in [0.15, 0.2) is 0 Å². The van der Waals surface area contributed by atoms with E-state index in [9.17, 15) is 9.59 Å². The topological polar surface area (TPSA) is 91.0 Å². The van der Waals surface area contributed by atoms with Crippen molar-refractivity contribution in [3.05, 3.63) is 100 Å². The van der Waals surface area contributed by atoms with Gasteiger partial charge in [0, 0.05) is 12.1 Å².